The first kappa shape index (κ1) is 19.4. The third-order valence-electron chi connectivity index (χ3n) is 4.37. The molecule has 27 heavy (non-hydrogen) atoms. The van der Waals surface area contributed by atoms with Crippen LogP contribution in [0.1, 0.15) is 33.5 Å². The van der Waals surface area contributed by atoms with Crippen molar-refractivity contribution in [2.24, 2.45) is 5.10 Å². The van der Waals surface area contributed by atoms with Crippen LogP contribution in [0.25, 0.3) is 0 Å². The summed E-state index contributed by atoms with van der Waals surface area (Å²) in [6.45, 7) is 3.57. The number of nitrogens with zero attached hydrogens (tertiary/aromatic N) is 2. The summed E-state index contributed by atoms with van der Waals surface area (Å²) >= 11 is 6.02. The van der Waals surface area contributed by atoms with Crippen LogP contribution < -0.4 is 0 Å². The van der Waals surface area contributed by atoms with Crippen LogP contribution in [0.3, 0.4) is 0 Å². The Morgan fingerprint density at radius 2 is 1.74 bits per heavy atom. The average Bonchev–Trinajstić information content (AvgIpc) is 2.94. The van der Waals surface area contributed by atoms with Crippen LogP contribution in [-0.2, 0) is 0 Å². The Balaban J connectivity index is 2.07. The maximum Gasteiger partial charge on any atom is 0.438 e. The van der Waals surface area contributed by atoms with E-state index >= 15 is 0 Å². The van der Waals surface area contributed by atoms with Gasteiger partial charge in [0.1, 0.15) is 0 Å². The number of rotatable bonds is 2. The van der Waals surface area contributed by atoms with Gasteiger partial charge in [0.05, 0.1) is 22.7 Å². The first-order valence-corrected chi connectivity index (χ1v) is 8.45. The molecule has 1 atom stereocenters. The van der Waals surface area contributed by atoms with Crippen molar-refractivity contribution in [2.75, 3.05) is 0 Å². The lowest BCUT2D eigenvalue weighted by molar-refractivity contribution is -0.297. The number of benzene rings is 2. The highest BCUT2D eigenvalue weighted by atomic mass is 35.5. The summed E-state index contributed by atoms with van der Waals surface area (Å²) < 4.78 is 40.9. The SMILES string of the molecule is Cc1ccc(C2=NN(C(=O)c3ccc(C)cc3Cl)[C@@](O)(C(F)(F)F)C2)cc1. The molecule has 1 heterocycles. The molecule has 2 aromatic rings. The standard InChI is InChI=1S/C19H16ClF3N2O2/c1-11-3-6-13(7-4-11)16-10-18(27,19(21,22)23)25(24-16)17(26)14-8-5-12(2)9-15(14)20/h3-9,27H,10H2,1-2H3/t18-/m0/s1. The van der Waals surface area contributed by atoms with Gasteiger partial charge in [-0.1, -0.05) is 47.5 Å². The summed E-state index contributed by atoms with van der Waals surface area (Å²) in [7, 11) is 0. The Morgan fingerprint density at radius 1 is 1.15 bits per heavy atom. The molecule has 4 nitrogen and oxygen atoms in total. The minimum absolute atomic E-state index is 0.0106. The van der Waals surface area contributed by atoms with Gasteiger partial charge in [-0.15, -0.1) is 0 Å². The van der Waals surface area contributed by atoms with E-state index in [1.807, 2.05) is 6.92 Å². The highest BCUT2D eigenvalue weighted by Crippen LogP contribution is 2.42. The Hall–Kier alpha value is -2.38. The quantitative estimate of drug-likeness (QED) is 0.815. The maximum absolute atomic E-state index is 13.6. The van der Waals surface area contributed by atoms with Crippen LogP contribution in [0.5, 0.6) is 0 Å². The number of halogens is 4. The van der Waals surface area contributed by atoms with Crippen LogP contribution in [0.15, 0.2) is 47.6 Å². The molecule has 142 valence electrons. The van der Waals surface area contributed by atoms with Gasteiger partial charge < -0.3 is 5.11 Å². The molecule has 0 saturated heterocycles. The number of alkyl halides is 3. The smallest absolute Gasteiger partial charge is 0.362 e. The number of aryl methyl sites for hydroxylation is 2. The second-order valence-corrected chi connectivity index (χ2v) is 6.91. The number of hydrogen-bond acceptors (Lipinski definition) is 3. The molecular weight excluding hydrogens is 381 g/mol. The molecule has 0 unspecified atom stereocenters. The van der Waals surface area contributed by atoms with Gasteiger partial charge in [-0.3, -0.25) is 4.79 Å². The molecule has 1 N–H and O–H groups in total. The highest BCUT2D eigenvalue weighted by Gasteiger charge is 2.63. The van der Waals surface area contributed by atoms with Crippen molar-refractivity contribution >= 4 is 23.2 Å². The zero-order chi connectivity index (χ0) is 20.0. The van der Waals surface area contributed by atoms with E-state index in [0.29, 0.717) is 5.56 Å². The van der Waals surface area contributed by atoms with Crippen LogP contribution in [0.4, 0.5) is 13.2 Å². The molecule has 2 aromatic carbocycles. The van der Waals surface area contributed by atoms with Gasteiger partial charge in [0, 0.05) is 0 Å². The third-order valence-corrected chi connectivity index (χ3v) is 4.68. The van der Waals surface area contributed by atoms with E-state index in [0.717, 1.165) is 11.1 Å². The molecule has 0 spiro atoms. The number of hydrazone groups is 1. The molecule has 0 bridgehead atoms. The lowest BCUT2D eigenvalue weighted by atomic mass is 9.99. The number of amides is 1. The Bertz CT molecular complexity index is 926. The van der Waals surface area contributed by atoms with E-state index < -0.39 is 24.2 Å². The van der Waals surface area contributed by atoms with Gasteiger partial charge in [0.2, 0.25) is 0 Å². The second-order valence-electron chi connectivity index (χ2n) is 6.50. The fourth-order valence-electron chi connectivity index (χ4n) is 2.79. The van der Waals surface area contributed by atoms with Crippen molar-refractivity contribution in [3.8, 4) is 0 Å². The van der Waals surface area contributed by atoms with E-state index in [1.54, 1.807) is 37.3 Å². The Labute approximate surface area is 158 Å². The van der Waals surface area contributed by atoms with Gasteiger partial charge in [0.15, 0.2) is 0 Å². The number of carbonyl (C=O) groups is 1. The highest BCUT2D eigenvalue weighted by molar-refractivity contribution is 6.34. The van der Waals surface area contributed by atoms with Crippen molar-refractivity contribution in [3.63, 3.8) is 0 Å². The van der Waals surface area contributed by atoms with Crippen LogP contribution in [0, 0.1) is 13.8 Å². The number of aliphatic hydroxyl groups is 1. The van der Waals surface area contributed by atoms with E-state index in [1.165, 1.54) is 12.1 Å². The summed E-state index contributed by atoms with van der Waals surface area (Å²) in [4.78, 5) is 12.7. The number of hydrogen-bond donors (Lipinski definition) is 1. The normalized spacial score (nSPS) is 20.0. The predicted molar refractivity (Wildman–Crippen MR) is 95.7 cm³/mol. The molecule has 1 amide bonds. The minimum atomic E-state index is -5.10. The predicted octanol–water partition coefficient (Wildman–Crippen LogP) is 4.46. The average molecular weight is 397 g/mol. The van der Waals surface area contributed by atoms with Crippen molar-refractivity contribution < 1.29 is 23.1 Å². The molecule has 0 aliphatic carbocycles. The van der Waals surface area contributed by atoms with Crippen molar-refractivity contribution in [1.82, 2.24) is 5.01 Å². The van der Waals surface area contributed by atoms with Gasteiger partial charge in [-0.25, -0.2) is 0 Å². The molecule has 1 aliphatic heterocycles. The largest absolute Gasteiger partial charge is 0.438 e. The van der Waals surface area contributed by atoms with Gasteiger partial charge in [-0.2, -0.15) is 23.3 Å². The first-order chi connectivity index (χ1) is 12.5. The Morgan fingerprint density at radius 3 is 2.30 bits per heavy atom. The molecule has 3 rings (SSSR count). The van der Waals surface area contributed by atoms with Crippen LogP contribution in [-0.4, -0.2) is 33.6 Å². The van der Waals surface area contributed by atoms with Gasteiger partial charge >= 0.3 is 6.18 Å². The summed E-state index contributed by atoms with van der Waals surface area (Å²) in [6, 6.07) is 10.9. The van der Waals surface area contributed by atoms with E-state index in [-0.39, 0.29) is 21.3 Å². The lowest BCUT2D eigenvalue weighted by Gasteiger charge is -2.32. The van der Waals surface area contributed by atoms with Crippen molar-refractivity contribution in [3.05, 3.63) is 69.7 Å². The third kappa shape index (κ3) is 3.44. The first-order valence-electron chi connectivity index (χ1n) is 8.07. The zero-order valence-electron chi connectivity index (χ0n) is 14.5. The minimum Gasteiger partial charge on any atom is -0.362 e. The monoisotopic (exact) mass is 396 g/mol. The lowest BCUT2D eigenvalue weighted by Crippen LogP contribution is -2.56. The number of carbonyl (C=O) groups excluding carboxylic acids is 1. The van der Waals surface area contributed by atoms with Crippen LogP contribution >= 0.6 is 11.6 Å². The molecular formula is C19H16ClF3N2O2. The summed E-state index contributed by atoms with van der Waals surface area (Å²) in [5, 5.41) is 14.3. The van der Waals surface area contributed by atoms with E-state index in [4.69, 9.17) is 11.6 Å². The van der Waals surface area contributed by atoms with E-state index in [9.17, 15) is 23.1 Å². The van der Waals surface area contributed by atoms with Crippen molar-refractivity contribution in [1.29, 1.82) is 0 Å². The molecule has 1 aliphatic rings. The summed E-state index contributed by atoms with van der Waals surface area (Å²) in [6.07, 6.45) is -5.97. The second kappa shape index (κ2) is 6.65. The molecule has 0 fully saturated rings. The summed E-state index contributed by atoms with van der Waals surface area (Å²) in [5.41, 5.74) is -1.59. The fraction of sp³-hybridized carbons (Fsp3) is 0.263. The summed E-state index contributed by atoms with van der Waals surface area (Å²) in [5.74, 6) is -1.12. The van der Waals surface area contributed by atoms with Crippen LogP contribution in [0.2, 0.25) is 5.02 Å². The van der Waals surface area contributed by atoms with Gasteiger partial charge in [0.25, 0.3) is 11.6 Å². The fourth-order valence-corrected chi connectivity index (χ4v) is 3.11. The molecule has 0 radical (unpaired) electrons. The van der Waals surface area contributed by atoms with Crippen molar-refractivity contribution in [2.45, 2.75) is 32.2 Å². The molecule has 0 saturated carbocycles. The molecule has 0 aromatic heterocycles. The van der Waals surface area contributed by atoms with Gasteiger partial charge in [-0.05, 0) is 37.1 Å². The molecule has 8 heteroatoms. The topological polar surface area (TPSA) is 52.9 Å². The zero-order valence-corrected chi connectivity index (χ0v) is 15.3. The van der Waals surface area contributed by atoms with E-state index in [2.05, 4.69) is 5.10 Å². The Kier molecular flexibility index (Phi) is 4.78. The maximum atomic E-state index is 13.6.